The lowest BCUT2D eigenvalue weighted by molar-refractivity contribution is -0.129. The molecule has 1 aromatic carbocycles. The fourth-order valence-corrected chi connectivity index (χ4v) is 4.90. The molecule has 2 N–H and O–H groups in total. The quantitative estimate of drug-likeness (QED) is 0.797. The Morgan fingerprint density at radius 3 is 2.17 bits per heavy atom. The second-order valence-corrected chi connectivity index (χ2v) is 8.64. The summed E-state index contributed by atoms with van der Waals surface area (Å²) in [4.78, 5) is 27.7. The second kappa shape index (κ2) is 9.61. The van der Waals surface area contributed by atoms with Crippen LogP contribution in [0, 0.1) is 11.8 Å². The first-order valence-electron chi connectivity index (χ1n) is 11.2. The summed E-state index contributed by atoms with van der Waals surface area (Å²) in [5.41, 5.74) is 1.94. The molecule has 2 aliphatic carbocycles. The highest BCUT2D eigenvalue weighted by Gasteiger charge is 2.31. The number of carbonyl (C=O) groups excluding carboxylic acids is 2. The number of rotatable bonds is 5. The van der Waals surface area contributed by atoms with Crippen molar-refractivity contribution in [3.63, 3.8) is 0 Å². The first-order chi connectivity index (χ1) is 14.2. The van der Waals surface area contributed by atoms with Crippen molar-refractivity contribution in [2.24, 2.45) is 11.8 Å². The summed E-state index contributed by atoms with van der Waals surface area (Å²) in [5, 5.41) is 6.38. The number of morpholine rings is 1. The van der Waals surface area contributed by atoms with Gasteiger partial charge in [-0.3, -0.25) is 9.59 Å². The molecule has 0 unspecified atom stereocenters. The number of ether oxygens (including phenoxy) is 1. The fourth-order valence-electron chi connectivity index (χ4n) is 4.90. The van der Waals surface area contributed by atoms with Crippen molar-refractivity contribution in [1.82, 2.24) is 5.32 Å². The summed E-state index contributed by atoms with van der Waals surface area (Å²) < 4.78 is 5.45. The van der Waals surface area contributed by atoms with E-state index in [1.165, 1.54) is 12.8 Å². The lowest BCUT2D eigenvalue weighted by Gasteiger charge is -2.31. The van der Waals surface area contributed by atoms with Crippen molar-refractivity contribution < 1.29 is 14.3 Å². The number of para-hydroxylation sites is 2. The number of carbonyl (C=O) groups is 2. The third-order valence-electron chi connectivity index (χ3n) is 6.68. The molecule has 2 amide bonds. The van der Waals surface area contributed by atoms with E-state index in [1.54, 1.807) is 0 Å². The Morgan fingerprint density at radius 2 is 1.48 bits per heavy atom. The monoisotopic (exact) mass is 399 g/mol. The van der Waals surface area contributed by atoms with E-state index in [1.807, 2.05) is 18.2 Å². The van der Waals surface area contributed by atoms with E-state index in [2.05, 4.69) is 21.6 Å². The average Bonchev–Trinajstić information content (AvgIpc) is 3.28. The van der Waals surface area contributed by atoms with Gasteiger partial charge in [-0.25, -0.2) is 0 Å². The van der Waals surface area contributed by atoms with E-state index in [0.717, 1.165) is 76.2 Å². The van der Waals surface area contributed by atoms with Gasteiger partial charge in [-0.1, -0.05) is 25.0 Å². The normalized spacial score (nSPS) is 25.6. The summed E-state index contributed by atoms with van der Waals surface area (Å²) in [6.45, 7) is 3.12. The van der Waals surface area contributed by atoms with Crippen LogP contribution < -0.4 is 15.5 Å². The zero-order valence-electron chi connectivity index (χ0n) is 17.2. The van der Waals surface area contributed by atoms with Crippen molar-refractivity contribution in [2.45, 2.75) is 57.4 Å². The second-order valence-electron chi connectivity index (χ2n) is 8.64. The lowest BCUT2D eigenvalue weighted by atomic mass is 9.81. The van der Waals surface area contributed by atoms with Gasteiger partial charge in [0.2, 0.25) is 11.8 Å². The van der Waals surface area contributed by atoms with Gasteiger partial charge in [-0.15, -0.1) is 0 Å². The summed E-state index contributed by atoms with van der Waals surface area (Å²) in [7, 11) is 0. The van der Waals surface area contributed by atoms with E-state index < -0.39 is 0 Å². The topological polar surface area (TPSA) is 70.7 Å². The molecule has 3 aliphatic rings. The minimum absolute atomic E-state index is 0.0109. The van der Waals surface area contributed by atoms with Crippen molar-refractivity contribution >= 4 is 23.2 Å². The molecule has 0 radical (unpaired) electrons. The van der Waals surface area contributed by atoms with Gasteiger partial charge < -0.3 is 20.3 Å². The van der Waals surface area contributed by atoms with E-state index in [-0.39, 0.29) is 23.7 Å². The van der Waals surface area contributed by atoms with Gasteiger partial charge in [0.15, 0.2) is 0 Å². The molecule has 1 aromatic rings. The molecule has 3 fully saturated rings. The number of nitrogens with zero attached hydrogens (tertiary/aromatic N) is 1. The third kappa shape index (κ3) is 5.10. The maximum atomic E-state index is 12.9. The smallest absolute Gasteiger partial charge is 0.227 e. The van der Waals surface area contributed by atoms with Gasteiger partial charge >= 0.3 is 0 Å². The molecule has 0 atom stereocenters. The Morgan fingerprint density at radius 1 is 0.862 bits per heavy atom. The molecule has 0 bridgehead atoms. The highest BCUT2D eigenvalue weighted by molar-refractivity contribution is 5.96. The maximum Gasteiger partial charge on any atom is 0.227 e. The summed E-state index contributed by atoms with van der Waals surface area (Å²) in [6, 6.07) is 8.38. The Labute approximate surface area is 173 Å². The Balaban J connectivity index is 1.29. The van der Waals surface area contributed by atoms with Crippen LogP contribution in [0.1, 0.15) is 51.4 Å². The summed E-state index contributed by atoms with van der Waals surface area (Å²) >= 11 is 0. The minimum Gasteiger partial charge on any atom is -0.378 e. The number of benzene rings is 1. The van der Waals surface area contributed by atoms with E-state index in [4.69, 9.17) is 4.74 Å². The van der Waals surface area contributed by atoms with Crippen molar-refractivity contribution in [3.05, 3.63) is 24.3 Å². The van der Waals surface area contributed by atoms with Crippen molar-refractivity contribution in [3.8, 4) is 0 Å². The predicted octanol–water partition coefficient (Wildman–Crippen LogP) is 3.33. The van der Waals surface area contributed by atoms with Gasteiger partial charge in [0.1, 0.15) is 0 Å². The van der Waals surface area contributed by atoms with Crippen LogP contribution in [-0.4, -0.2) is 44.2 Å². The van der Waals surface area contributed by atoms with Gasteiger partial charge in [-0.2, -0.15) is 0 Å². The maximum absolute atomic E-state index is 12.9. The Hall–Kier alpha value is -2.08. The molecular formula is C23H33N3O3. The van der Waals surface area contributed by atoms with Crippen LogP contribution >= 0.6 is 0 Å². The Kier molecular flexibility index (Phi) is 6.70. The number of amides is 2. The predicted molar refractivity (Wildman–Crippen MR) is 114 cm³/mol. The molecule has 1 heterocycles. The molecule has 6 heteroatoms. The minimum atomic E-state index is -0.0109. The number of hydrogen-bond donors (Lipinski definition) is 2. The van der Waals surface area contributed by atoms with Crippen LogP contribution in [0.5, 0.6) is 0 Å². The van der Waals surface area contributed by atoms with Gasteiger partial charge in [0.25, 0.3) is 0 Å². The number of anilines is 2. The van der Waals surface area contributed by atoms with Crippen LogP contribution in [0.3, 0.4) is 0 Å². The van der Waals surface area contributed by atoms with Crippen LogP contribution in [0.4, 0.5) is 11.4 Å². The van der Waals surface area contributed by atoms with E-state index >= 15 is 0 Å². The van der Waals surface area contributed by atoms with Gasteiger partial charge in [0, 0.05) is 31.0 Å². The molecule has 158 valence electrons. The molecule has 0 aromatic heterocycles. The first kappa shape index (κ1) is 20.2. The molecule has 2 saturated carbocycles. The van der Waals surface area contributed by atoms with Crippen LogP contribution in [0.2, 0.25) is 0 Å². The highest BCUT2D eigenvalue weighted by atomic mass is 16.5. The molecular weight excluding hydrogens is 366 g/mol. The zero-order valence-corrected chi connectivity index (χ0v) is 17.2. The largest absolute Gasteiger partial charge is 0.378 e. The van der Waals surface area contributed by atoms with Crippen molar-refractivity contribution in [1.29, 1.82) is 0 Å². The fraction of sp³-hybridized carbons (Fsp3) is 0.652. The molecule has 1 aliphatic heterocycles. The Bertz CT molecular complexity index is 703. The molecule has 4 rings (SSSR count). The SMILES string of the molecule is O=C(Nc1ccccc1N1CCOCC1)C1CCC(C(=O)NC2CCCC2)CC1. The first-order valence-corrected chi connectivity index (χ1v) is 11.2. The number of hydrogen-bond acceptors (Lipinski definition) is 4. The van der Waals surface area contributed by atoms with E-state index in [9.17, 15) is 9.59 Å². The van der Waals surface area contributed by atoms with Crippen LogP contribution in [-0.2, 0) is 14.3 Å². The van der Waals surface area contributed by atoms with Gasteiger partial charge in [-0.05, 0) is 50.7 Å². The van der Waals surface area contributed by atoms with Crippen LogP contribution in [0.25, 0.3) is 0 Å². The lowest BCUT2D eigenvalue weighted by Crippen LogP contribution is -2.40. The van der Waals surface area contributed by atoms with Gasteiger partial charge in [0.05, 0.1) is 24.6 Å². The summed E-state index contributed by atoms with van der Waals surface area (Å²) in [5.74, 6) is 0.345. The highest BCUT2D eigenvalue weighted by Crippen LogP contribution is 2.32. The molecule has 0 spiro atoms. The molecule has 6 nitrogen and oxygen atoms in total. The summed E-state index contributed by atoms with van der Waals surface area (Å²) in [6.07, 6.45) is 7.87. The standard InChI is InChI=1S/C23H33N3O3/c27-22(24-19-5-1-2-6-19)17-9-11-18(12-10-17)23(28)25-20-7-3-4-8-21(20)26-13-15-29-16-14-26/h3-4,7-8,17-19H,1-2,5-6,9-16H2,(H,24,27)(H,25,28). The third-order valence-corrected chi connectivity index (χ3v) is 6.68. The average molecular weight is 400 g/mol. The molecule has 1 saturated heterocycles. The number of nitrogens with one attached hydrogen (secondary N) is 2. The molecule has 29 heavy (non-hydrogen) atoms. The van der Waals surface area contributed by atoms with E-state index in [0.29, 0.717) is 6.04 Å². The zero-order chi connectivity index (χ0) is 20.1. The van der Waals surface area contributed by atoms with Crippen molar-refractivity contribution in [2.75, 3.05) is 36.5 Å². The van der Waals surface area contributed by atoms with Crippen LogP contribution in [0.15, 0.2) is 24.3 Å².